The first-order chi connectivity index (χ1) is 11.2. The molecule has 0 radical (unpaired) electrons. The fourth-order valence-corrected chi connectivity index (χ4v) is 3.47. The third kappa shape index (κ3) is 3.52. The highest BCUT2D eigenvalue weighted by Crippen LogP contribution is 2.29. The molecule has 3 rings (SSSR count). The van der Waals surface area contributed by atoms with Gasteiger partial charge in [0.2, 0.25) is 5.91 Å². The molecule has 1 atom stereocenters. The minimum absolute atomic E-state index is 0.0110. The lowest BCUT2D eigenvalue weighted by Crippen LogP contribution is -2.37. The number of carbonyl (C=O) groups is 3. The van der Waals surface area contributed by atoms with Gasteiger partial charge in [-0.3, -0.25) is 9.59 Å². The molecule has 4 nitrogen and oxygen atoms in total. The van der Waals surface area contributed by atoms with Crippen LogP contribution in [0.3, 0.4) is 0 Å². The average molecular weight is 313 g/mol. The van der Waals surface area contributed by atoms with Crippen LogP contribution in [-0.2, 0) is 27.2 Å². The maximum atomic E-state index is 12.5. The van der Waals surface area contributed by atoms with E-state index >= 15 is 0 Å². The lowest BCUT2D eigenvalue weighted by Gasteiger charge is -2.24. The van der Waals surface area contributed by atoms with Gasteiger partial charge in [0.1, 0.15) is 12.1 Å². The fraction of sp³-hybridized carbons (Fsp3) is 0.526. The molecule has 1 aromatic rings. The Hall–Kier alpha value is -1.97. The largest absolute Gasteiger partial charge is 0.333 e. The van der Waals surface area contributed by atoms with Crippen LogP contribution in [0.1, 0.15) is 43.2 Å². The van der Waals surface area contributed by atoms with E-state index < -0.39 is 0 Å². The van der Waals surface area contributed by atoms with Crippen LogP contribution in [0.2, 0.25) is 0 Å². The summed E-state index contributed by atoms with van der Waals surface area (Å²) in [7, 11) is 0. The van der Waals surface area contributed by atoms with Crippen molar-refractivity contribution in [2.75, 3.05) is 6.54 Å². The molecule has 0 aromatic heterocycles. The van der Waals surface area contributed by atoms with Crippen molar-refractivity contribution in [2.45, 2.75) is 51.0 Å². The van der Waals surface area contributed by atoms with Gasteiger partial charge >= 0.3 is 0 Å². The van der Waals surface area contributed by atoms with Crippen LogP contribution in [0.25, 0.3) is 0 Å². The minimum atomic E-state index is -0.272. The molecule has 1 aromatic carbocycles. The van der Waals surface area contributed by atoms with Crippen molar-refractivity contribution in [2.24, 2.45) is 5.92 Å². The van der Waals surface area contributed by atoms with Crippen molar-refractivity contribution in [3.63, 3.8) is 0 Å². The zero-order chi connectivity index (χ0) is 16.2. The summed E-state index contributed by atoms with van der Waals surface area (Å²) in [5.41, 5.74) is 1.88. The number of hydrogen-bond acceptors (Lipinski definition) is 3. The van der Waals surface area contributed by atoms with Crippen LogP contribution in [0, 0.1) is 5.92 Å². The predicted molar refractivity (Wildman–Crippen MR) is 87.0 cm³/mol. The quantitative estimate of drug-likeness (QED) is 0.757. The molecule has 2 fully saturated rings. The molecule has 0 unspecified atom stereocenters. The number of benzene rings is 1. The van der Waals surface area contributed by atoms with Gasteiger partial charge in [-0.2, -0.15) is 0 Å². The third-order valence-electron chi connectivity index (χ3n) is 5.16. The number of rotatable bonds is 6. The predicted octanol–water partition coefficient (Wildman–Crippen LogP) is 2.33. The topological polar surface area (TPSA) is 54.5 Å². The van der Waals surface area contributed by atoms with Gasteiger partial charge in [0.05, 0.1) is 12.5 Å². The van der Waals surface area contributed by atoms with Gasteiger partial charge in [-0.15, -0.1) is 0 Å². The highest BCUT2D eigenvalue weighted by atomic mass is 16.2. The standard InChI is InChI=1S/C19H23NO3/c21-13-17-9-4-10-20(17)19(23)12-16-6-2-1-5-15(16)11-18(22)14-7-3-8-14/h1-2,5-6,13-14,17H,3-4,7-12H2/t17-/m0/s1. The van der Waals surface area contributed by atoms with E-state index in [1.807, 2.05) is 24.3 Å². The zero-order valence-electron chi connectivity index (χ0n) is 13.4. The van der Waals surface area contributed by atoms with Gasteiger partial charge in [-0.1, -0.05) is 30.7 Å². The Labute approximate surface area is 136 Å². The summed E-state index contributed by atoms with van der Waals surface area (Å²) in [6, 6.07) is 7.42. The Morgan fingerprint density at radius 3 is 2.35 bits per heavy atom. The van der Waals surface area contributed by atoms with E-state index in [0.717, 1.165) is 49.5 Å². The van der Waals surface area contributed by atoms with E-state index in [2.05, 4.69) is 0 Å². The number of aldehydes is 1. The minimum Gasteiger partial charge on any atom is -0.333 e. The molecule has 2 aliphatic rings. The molecule has 4 heteroatoms. The van der Waals surface area contributed by atoms with Gasteiger partial charge in [0.15, 0.2) is 0 Å². The average Bonchev–Trinajstić information content (AvgIpc) is 2.96. The van der Waals surface area contributed by atoms with Crippen molar-refractivity contribution in [3.8, 4) is 0 Å². The highest BCUT2D eigenvalue weighted by molar-refractivity contribution is 5.86. The summed E-state index contributed by atoms with van der Waals surface area (Å²) in [5.74, 6) is 0.503. The van der Waals surface area contributed by atoms with Crippen molar-refractivity contribution in [1.29, 1.82) is 0 Å². The summed E-state index contributed by atoms with van der Waals surface area (Å²) in [4.78, 5) is 37.5. The molecule has 1 amide bonds. The molecule has 0 spiro atoms. The second-order valence-electron chi connectivity index (χ2n) is 6.65. The molecule has 1 saturated carbocycles. The number of nitrogens with zero attached hydrogens (tertiary/aromatic N) is 1. The maximum absolute atomic E-state index is 12.5. The molecule has 1 saturated heterocycles. The molecule has 0 N–H and O–H groups in total. The SMILES string of the molecule is O=C[C@@H]1CCCN1C(=O)Cc1ccccc1CC(=O)C1CCC1. The van der Waals surface area contributed by atoms with Gasteiger partial charge in [0.25, 0.3) is 0 Å². The molecule has 0 bridgehead atoms. The van der Waals surface area contributed by atoms with E-state index in [9.17, 15) is 14.4 Å². The van der Waals surface area contributed by atoms with Gasteiger partial charge in [0, 0.05) is 18.9 Å². The second kappa shape index (κ2) is 7.07. The number of amides is 1. The number of ketones is 1. The Bertz CT molecular complexity index is 606. The molecule has 1 aliphatic carbocycles. The number of hydrogen-bond donors (Lipinski definition) is 0. The Balaban J connectivity index is 1.68. The molecule has 1 heterocycles. The first kappa shape index (κ1) is 15.9. The summed E-state index contributed by atoms with van der Waals surface area (Å²) >= 11 is 0. The Morgan fingerprint density at radius 1 is 1.04 bits per heavy atom. The summed E-state index contributed by atoms with van der Waals surface area (Å²) in [5, 5.41) is 0. The van der Waals surface area contributed by atoms with E-state index in [0.29, 0.717) is 18.7 Å². The lowest BCUT2D eigenvalue weighted by atomic mass is 9.80. The lowest BCUT2D eigenvalue weighted by molar-refractivity contribution is -0.133. The van der Waals surface area contributed by atoms with E-state index in [1.165, 1.54) is 0 Å². The van der Waals surface area contributed by atoms with Gasteiger partial charge in [-0.25, -0.2) is 0 Å². The maximum Gasteiger partial charge on any atom is 0.227 e. The van der Waals surface area contributed by atoms with Crippen LogP contribution < -0.4 is 0 Å². The Morgan fingerprint density at radius 2 is 1.74 bits per heavy atom. The second-order valence-corrected chi connectivity index (χ2v) is 6.65. The number of Topliss-reactive ketones (excluding diaryl/α,β-unsaturated/α-hetero) is 1. The normalized spacial score (nSPS) is 21.0. The van der Waals surface area contributed by atoms with Gasteiger partial charge in [-0.05, 0) is 36.8 Å². The smallest absolute Gasteiger partial charge is 0.227 e. The van der Waals surface area contributed by atoms with E-state index in [-0.39, 0.29) is 24.3 Å². The zero-order valence-corrected chi connectivity index (χ0v) is 13.4. The number of likely N-dealkylation sites (tertiary alicyclic amines) is 1. The van der Waals surface area contributed by atoms with Crippen molar-refractivity contribution in [1.82, 2.24) is 4.90 Å². The summed E-state index contributed by atoms with van der Waals surface area (Å²) in [6.07, 6.45) is 6.39. The van der Waals surface area contributed by atoms with Gasteiger partial charge < -0.3 is 9.69 Å². The molecule has 1 aliphatic heterocycles. The van der Waals surface area contributed by atoms with Crippen molar-refractivity contribution in [3.05, 3.63) is 35.4 Å². The number of carbonyl (C=O) groups excluding carboxylic acids is 3. The van der Waals surface area contributed by atoms with Crippen molar-refractivity contribution < 1.29 is 14.4 Å². The highest BCUT2D eigenvalue weighted by Gasteiger charge is 2.29. The summed E-state index contributed by atoms with van der Waals surface area (Å²) < 4.78 is 0. The third-order valence-corrected chi connectivity index (χ3v) is 5.16. The molecular formula is C19H23NO3. The van der Waals surface area contributed by atoms with Crippen LogP contribution in [0.5, 0.6) is 0 Å². The molecule has 122 valence electrons. The van der Waals surface area contributed by atoms with Crippen LogP contribution >= 0.6 is 0 Å². The molecular weight excluding hydrogens is 290 g/mol. The first-order valence-electron chi connectivity index (χ1n) is 8.53. The van der Waals surface area contributed by atoms with E-state index in [1.54, 1.807) is 4.90 Å². The summed E-state index contributed by atoms with van der Waals surface area (Å²) in [6.45, 7) is 0.658. The fourth-order valence-electron chi connectivity index (χ4n) is 3.47. The first-order valence-corrected chi connectivity index (χ1v) is 8.53. The van der Waals surface area contributed by atoms with Crippen LogP contribution in [-0.4, -0.2) is 35.5 Å². The van der Waals surface area contributed by atoms with Crippen LogP contribution in [0.15, 0.2) is 24.3 Å². The molecule has 23 heavy (non-hydrogen) atoms. The van der Waals surface area contributed by atoms with Crippen molar-refractivity contribution >= 4 is 18.0 Å². The monoisotopic (exact) mass is 313 g/mol. The Kier molecular flexibility index (Phi) is 4.89. The van der Waals surface area contributed by atoms with E-state index in [4.69, 9.17) is 0 Å². The van der Waals surface area contributed by atoms with Crippen LogP contribution in [0.4, 0.5) is 0 Å².